The predicted molar refractivity (Wildman–Crippen MR) is 93.9 cm³/mol. The number of carbonyl (C=O) groups is 3. The average Bonchev–Trinajstić information content (AvgIpc) is 3.06. The number of thiophene rings is 1. The molecule has 2 aliphatic rings. The van der Waals surface area contributed by atoms with Gasteiger partial charge in [0.05, 0.1) is 5.92 Å². The molecule has 0 radical (unpaired) electrons. The molecule has 2 atom stereocenters. The number of esters is 1. The van der Waals surface area contributed by atoms with E-state index < -0.39 is 6.10 Å². The molecule has 3 rings (SSSR count). The van der Waals surface area contributed by atoms with Crippen LogP contribution in [0.3, 0.4) is 0 Å². The van der Waals surface area contributed by atoms with Crippen molar-refractivity contribution >= 4 is 29.1 Å². The van der Waals surface area contributed by atoms with Gasteiger partial charge in [-0.25, -0.2) is 0 Å². The first-order valence-corrected chi connectivity index (χ1v) is 9.65. The van der Waals surface area contributed by atoms with Crippen LogP contribution in [0.25, 0.3) is 0 Å². The molecule has 1 aromatic heterocycles. The highest BCUT2D eigenvalue weighted by molar-refractivity contribution is 7.10. The van der Waals surface area contributed by atoms with Crippen LogP contribution in [0, 0.1) is 11.8 Å². The molecule has 0 unspecified atom stereocenters. The van der Waals surface area contributed by atoms with Crippen LogP contribution in [0.15, 0.2) is 11.4 Å². The minimum atomic E-state index is -0.773. The quantitative estimate of drug-likeness (QED) is 0.826. The molecular formula is C18H24N2O4S. The summed E-state index contributed by atoms with van der Waals surface area (Å²) >= 11 is 1.73. The largest absolute Gasteiger partial charge is 0.452 e. The Kier molecular flexibility index (Phi) is 5.42. The van der Waals surface area contributed by atoms with Crippen molar-refractivity contribution in [3.63, 3.8) is 0 Å². The van der Waals surface area contributed by atoms with Gasteiger partial charge in [-0.15, -0.1) is 11.3 Å². The average molecular weight is 364 g/mol. The van der Waals surface area contributed by atoms with Crippen molar-refractivity contribution in [3.05, 3.63) is 21.9 Å². The van der Waals surface area contributed by atoms with Crippen LogP contribution >= 0.6 is 11.3 Å². The van der Waals surface area contributed by atoms with Gasteiger partial charge in [0.25, 0.3) is 5.91 Å². The summed E-state index contributed by atoms with van der Waals surface area (Å²) in [5.74, 6) is -1.02. The van der Waals surface area contributed by atoms with Gasteiger partial charge in [0, 0.05) is 30.9 Å². The molecule has 1 saturated heterocycles. The molecule has 136 valence electrons. The lowest BCUT2D eigenvalue weighted by Gasteiger charge is -2.32. The molecule has 1 N–H and O–H groups in total. The maximum Gasteiger partial charge on any atom is 0.311 e. The Bertz CT molecular complexity index is 660. The monoisotopic (exact) mass is 364 g/mol. The van der Waals surface area contributed by atoms with Crippen LogP contribution in [0.1, 0.15) is 37.1 Å². The lowest BCUT2D eigenvalue weighted by molar-refractivity contribution is -0.167. The van der Waals surface area contributed by atoms with Gasteiger partial charge in [0.15, 0.2) is 6.10 Å². The van der Waals surface area contributed by atoms with Crippen LogP contribution in [0.2, 0.25) is 0 Å². The fraction of sp³-hybridized carbons (Fsp3) is 0.611. The zero-order valence-electron chi connectivity index (χ0n) is 14.6. The van der Waals surface area contributed by atoms with Gasteiger partial charge in [0.2, 0.25) is 5.91 Å². The van der Waals surface area contributed by atoms with Gasteiger partial charge in [-0.05, 0) is 35.8 Å². The van der Waals surface area contributed by atoms with E-state index in [9.17, 15) is 14.4 Å². The minimum absolute atomic E-state index is 0.0413. The molecule has 0 spiro atoms. The number of carbonyl (C=O) groups excluding carboxylic acids is 3. The first-order valence-electron chi connectivity index (χ1n) is 8.77. The second kappa shape index (κ2) is 7.56. The van der Waals surface area contributed by atoms with Gasteiger partial charge < -0.3 is 15.0 Å². The maximum atomic E-state index is 12.9. The number of hydrogen-bond donors (Lipinski definition) is 1. The van der Waals surface area contributed by atoms with E-state index in [1.54, 1.807) is 16.2 Å². The highest BCUT2D eigenvalue weighted by Crippen LogP contribution is 2.26. The second-order valence-electron chi connectivity index (χ2n) is 7.02. The number of fused-ring (bicyclic) bond motifs is 1. The minimum Gasteiger partial charge on any atom is -0.452 e. The van der Waals surface area contributed by atoms with Crippen molar-refractivity contribution in [2.24, 2.45) is 11.8 Å². The van der Waals surface area contributed by atoms with E-state index in [1.165, 1.54) is 10.4 Å². The molecule has 6 nitrogen and oxygen atoms in total. The Morgan fingerprint density at radius 3 is 2.84 bits per heavy atom. The summed E-state index contributed by atoms with van der Waals surface area (Å²) in [6, 6.07) is 2.06. The van der Waals surface area contributed by atoms with Crippen LogP contribution in [-0.2, 0) is 32.1 Å². The SMILES string of the molecule is CC(C)[C@H](OC(=O)[C@H]1CCC(=O)NC1)C(=O)N1CCc2sccc2C1. The van der Waals surface area contributed by atoms with Crippen molar-refractivity contribution in [1.29, 1.82) is 0 Å². The van der Waals surface area contributed by atoms with Crippen LogP contribution in [0.5, 0.6) is 0 Å². The highest BCUT2D eigenvalue weighted by Gasteiger charge is 2.35. The molecule has 25 heavy (non-hydrogen) atoms. The third-order valence-corrected chi connectivity index (χ3v) is 5.83. The van der Waals surface area contributed by atoms with Gasteiger partial charge >= 0.3 is 5.97 Å². The number of piperidine rings is 1. The number of hydrogen-bond acceptors (Lipinski definition) is 5. The molecule has 0 saturated carbocycles. The van der Waals surface area contributed by atoms with E-state index >= 15 is 0 Å². The predicted octanol–water partition coefficient (Wildman–Crippen LogP) is 1.73. The molecule has 1 fully saturated rings. The Hall–Kier alpha value is -1.89. The molecule has 0 aliphatic carbocycles. The molecule has 0 aromatic carbocycles. The van der Waals surface area contributed by atoms with E-state index in [-0.39, 0.29) is 29.6 Å². The first kappa shape index (κ1) is 17.9. The summed E-state index contributed by atoms with van der Waals surface area (Å²) in [5, 5.41) is 4.73. The van der Waals surface area contributed by atoms with E-state index in [0.717, 1.165) is 6.42 Å². The van der Waals surface area contributed by atoms with Crippen molar-refractivity contribution < 1.29 is 19.1 Å². The fourth-order valence-electron chi connectivity index (χ4n) is 3.24. The van der Waals surface area contributed by atoms with E-state index in [0.29, 0.717) is 32.5 Å². The normalized spacial score (nSPS) is 21.5. The van der Waals surface area contributed by atoms with Gasteiger partial charge in [-0.1, -0.05) is 13.8 Å². The van der Waals surface area contributed by atoms with Crippen molar-refractivity contribution in [2.75, 3.05) is 13.1 Å². The Labute approximate surface area is 151 Å². The Morgan fingerprint density at radius 1 is 1.36 bits per heavy atom. The number of ether oxygens (including phenoxy) is 1. The van der Waals surface area contributed by atoms with Crippen molar-refractivity contribution in [3.8, 4) is 0 Å². The summed E-state index contributed by atoms with van der Waals surface area (Å²) in [7, 11) is 0. The number of nitrogens with one attached hydrogen (secondary N) is 1. The summed E-state index contributed by atoms with van der Waals surface area (Å²) < 4.78 is 5.59. The van der Waals surface area contributed by atoms with E-state index in [1.807, 2.05) is 13.8 Å². The maximum absolute atomic E-state index is 12.9. The van der Waals surface area contributed by atoms with Gasteiger partial charge in [-0.3, -0.25) is 14.4 Å². The van der Waals surface area contributed by atoms with Gasteiger partial charge in [0.1, 0.15) is 0 Å². The molecule has 2 amide bonds. The molecule has 7 heteroatoms. The van der Waals surface area contributed by atoms with Crippen LogP contribution < -0.4 is 5.32 Å². The Balaban J connectivity index is 1.63. The lowest BCUT2D eigenvalue weighted by atomic mass is 9.98. The number of rotatable bonds is 4. The topological polar surface area (TPSA) is 75.7 Å². The standard InChI is InChI=1S/C18H24N2O4S/c1-11(2)16(24-18(23)12-3-4-15(21)19-9-12)17(22)20-7-5-14-13(10-20)6-8-25-14/h6,8,11-12,16H,3-5,7,9-10H2,1-2H3,(H,19,21)/t12-,16-/m0/s1. The molecule has 2 aliphatic heterocycles. The first-order chi connectivity index (χ1) is 12.0. The highest BCUT2D eigenvalue weighted by atomic mass is 32.1. The summed E-state index contributed by atoms with van der Waals surface area (Å²) in [4.78, 5) is 39.7. The van der Waals surface area contributed by atoms with E-state index in [4.69, 9.17) is 4.74 Å². The zero-order chi connectivity index (χ0) is 18.0. The third-order valence-electron chi connectivity index (χ3n) is 4.81. The Morgan fingerprint density at radius 2 is 2.16 bits per heavy atom. The van der Waals surface area contributed by atoms with Crippen molar-refractivity contribution in [2.45, 2.75) is 45.8 Å². The molecule has 0 bridgehead atoms. The van der Waals surface area contributed by atoms with Crippen molar-refractivity contribution in [1.82, 2.24) is 10.2 Å². The summed E-state index contributed by atoms with van der Waals surface area (Å²) in [5.41, 5.74) is 1.19. The van der Waals surface area contributed by atoms with Crippen LogP contribution in [-0.4, -0.2) is 41.9 Å². The molecule has 3 heterocycles. The lowest BCUT2D eigenvalue weighted by Crippen LogP contribution is -2.47. The number of nitrogens with zero attached hydrogens (tertiary/aromatic N) is 1. The second-order valence-corrected chi connectivity index (χ2v) is 8.02. The van der Waals surface area contributed by atoms with Gasteiger partial charge in [-0.2, -0.15) is 0 Å². The van der Waals surface area contributed by atoms with E-state index in [2.05, 4.69) is 16.8 Å². The molecule has 1 aromatic rings. The van der Waals surface area contributed by atoms with Crippen LogP contribution in [0.4, 0.5) is 0 Å². The zero-order valence-corrected chi connectivity index (χ0v) is 15.4. The summed E-state index contributed by atoms with van der Waals surface area (Å²) in [6.07, 6.45) is 0.885. The fourth-order valence-corrected chi connectivity index (χ4v) is 4.13. The number of amides is 2. The smallest absolute Gasteiger partial charge is 0.311 e. The third kappa shape index (κ3) is 4.03. The molecular weight excluding hydrogens is 340 g/mol. The summed E-state index contributed by atoms with van der Waals surface area (Å²) in [6.45, 7) is 5.31.